The zero-order chi connectivity index (χ0) is 16.6. The molecule has 0 spiro atoms. The summed E-state index contributed by atoms with van der Waals surface area (Å²) in [4.78, 5) is 13.0. The quantitative estimate of drug-likeness (QED) is 0.625. The Balaban J connectivity index is 1.41. The van der Waals surface area contributed by atoms with Gasteiger partial charge < -0.3 is 14.8 Å². The van der Waals surface area contributed by atoms with Crippen LogP contribution in [0, 0.1) is 0 Å². The van der Waals surface area contributed by atoms with Crippen molar-refractivity contribution in [2.75, 3.05) is 25.5 Å². The van der Waals surface area contributed by atoms with E-state index in [4.69, 9.17) is 9.47 Å². The number of allylic oxidation sites excluding steroid dienone is 1. The van der Waals surface area contributed by atoms with E-state index in [0.717, 1.165) is 35.8 Å². The van der Waals surface area contributed by atoms with Crippen molar-refractivity contribution in [3.8, 4) is 11.5 Å². The Kier molecular flexibility index (Phi) is 6.47. The second kappa shape index (κ2) is 9.02. The fourth-order valence-corrected chi connectivity index (χ4v) is 3.68. The number of amides is 1. The van der Waals surface area contributed by atoms with E-state index in [1.807, 2.05) is 18.2 Å². The minimum absolute atomic E-state index is 0.0866. The standard InChI is InChI=1S/C19H25NO3S/c21-19(20-10-9-15-5-2-1-3-6-15)14-24-16-7-8-17-18(13-16)23-12-4-11-22-17/h5,7-8,13H,1-4,6,9-12,14H2,(H,20,21). The van der Waals surface area contributed by atoms with Gasteiger partial charge in [-0.2, -0.15) is 0 Å². The number of hydrogen-bond acceptors (Lipinski definition) is 4. The molecule has 0 saturated heterocycles. The molecular formula is C19H25NO3S. The predicted molar refractivity (Wildman–Crippen MR) is 97.0 cm³/mol. The van der Waals surface area contributed by atoms with Gasteiger partial charge in [0.25, 0.3) is 0 Å². The van der Waals surface area contributed by atoms with Gasteiger partial charge in [0.1, 0.15) is 0 Å². The zero-order valence-electron chi connectivity index (χ0n) is 14.0. The molecule has 0 atom stereocenters. The van der Waals surface area contributed by atoms with Crippen LogP contribution in [-0.4, -0.2) is 31.4 Å². The Labute approximate surface area is 148 Å². The molecule has 0 unspecified atom stereocenters. The molecule has 5 heteroatoms. The molecular weight excluding hydrogens is 322 g/mol. The first-order chi connectivity index (χ1) is 11.8. The highest BCUT2D eigenvalue weighted by molar-refractivity contribution is 8.00. The third-order valence-corrected chi connectivity index (χ3v) is 5.24. The highest BCUT2D eigenvalue weighted by atomic mass is 32.2. The summed E-state index contributed by atoms with van der Waals surface area (Å²) in [5.74, 6) is 2.09. The smallest absolute Gasteiger partial charge is 0.230 e. The van der Waals surface area contributed by atoms with Crippen molar-refractivity contribution in [2.45, 2.75) is 43.4 Å². The van der Waals surface area contributed by atoms with Gasteiger partial charge in [-0.15, -0.1) is 11.8 Å². The SMILES string of the molecule is O=C(CSc1ccc2c(c1)OCCCO2)NCCC1=CCCCC1. The number of thioether (sulfide) groups is 1. The number of rotatable bonds is 6. The molecule has 1 aliphatic carbocycles. The number of fused-ring (bicyclic) bond motifs is 1. The highest BCUT2D eigenvalue weighted by Gasteiger charge is 2.12. The lowest BCUT2D eigenvalue weighted by atomic mass is 9.97. The Hall–Kier alpha value is -1.62. The molecule has 1 heterocycles. The lowest BCUT2D eigenvalue weighted by Crippen LogP contribution is -2.26. The van der Waals surface area contributed by atoms with Crippen LogP contribution in [0.5, 0.6) is 11.5 Å². The minimum Gasteiger partial charge on any atom is -0.490 e. The second-order valence-electron chi connectivity index (χ2n) is 6.16. The summed E-state index contributed by atoms with van der Waals surface area (Å²) in [6, 6.07) is 5.88. The maximum Gasteiger partial charge on any atom is 0.230 e. The van der Waals surface area contributed by atoms with Gasteiger partial charge in [-0.05, 0) is 50.3 Å². The first-order valence-corrected chi connectivity index (χ1v) is 9.77. The highest BCUT2D eigenvalue weighted by Crippen LogP contribution is 2.33. The fraction of sp³-hybridized carbons (Fsp3) is 0.526. The molecule has 0 saturated carbocycles. The third-order valence-electron chi connectivity index (χ3n) is 4.24. The zero-order valence-corrected chi connectivity index (χ0v) is 14.8. The maximum absolute atomic E-state index is 12.0. The number of nitrogens with one attached hydrogen (secondary N) is 1. The van der Waals surface area contributed by atoms with Crippen molar-refractivity contribution < 1.29 is 14.3 Å². The molecule has 130 valence electrons. The van der Waals surface area contributed by atoms with Crippen LogP contribution in [0.2, 0.25) is 0 Å². The monoisotopic (exact) mass is 347 g/mol. The Morgan fingerprint density at radius 1 is 1.12 bits per heavy atom. The summed E-state index contributed by atoms with van der Waals surface area (Å²) < 4.78 is 11.3. The Bertz CT molecular complexity index is 600. The second-order valence-corrected chi connectivity index (χ2v) is 7.20. The summed E-state index contributed by atoms with van der Waals surface area (Å²) >= 11 is 1.53. The molecule has 0 aromatic heterocycles. The summed E-state index contributed by atoms with van der Waals surface area (Å²) in [7, 11) is 0. The molecule has 1 aromatic rings. The molecule has 0 radical (unpaired) electrons. The third kappa shape index (κ3) is 5.20. The summed E-state index contributed by atoms with van der Waals surface area (Å²) in [6.07, 6.45) is 9.21. The molecule has 0 fully saturated rings. The summed E-state index contributed by atoms with van der Waals surface area (Å²) in [6.45, 7) is 2.11. The van der Waals surface area contributed by atoms with Crippen LogP contribution in [0.25, 0.3) is 0 Å². The molecule has 2 aliphatic rings. The fourth-order valence-electron chi connectivity index (χ4n) is 2.93. The molecule has 24 heavy (non-hydrogen) atoms. The molecule has 1 aromatic carbocycles. The van der Waals surface area contributed by atoms with Crippen LogP contribution in [0.1, 0.15) is 38.5 Å². The average Bonchev–Trinajstić information content (AvgIpc) is 2.86. The van der Waals surface area contributed by atoms with E-state index in [-0.39, 0.29) is 5.91 Å². The van der Waals surface area contributed by atoms with E-state index in [9.17, 15) is 4.79 Å². The van der Waals surface area contributed by atoms with E-state index >= 15 is 0 Å². The minimum atomic E-state index is 0.0866. The van der Waals surface area contributed by atoms with Gasteiger partial charge in [0.15, 0.2) is 11.5 Å². The van der Waals surface area contributed by atoms with Gasteiger partial charge in [-0.25, -0.2) is 0 Å². The van der Waals surface area contributed by atoms with Crippen LogP contribution in [0.3, 0.4) is 0 Å². The van der Waals surface area contributed by atoms with Gasteiger partial charge >= 0.3 is 0 Å². The first kappa shape index (κ1) is 17.2. The molecule has 3 rings (SSSR count). The van der Waals surface area contributed by atoms with Crippen LogP contribution in [0.4, 0.5) is 0 Å². The first-order valence-electron chi connectivity index (χ1n) is 8.78. The van der Waals surface area contributed by atoms with Crippen LogP contribution < -0.4 is 14.8 Å². The van der Waals surface area contributed by atoms with Crippen LogP contribution >= 0.6 is 11.8 Å². The van der Waals surface area contributed by atoms with E-state index in [0.29, 0.717) is 19.0 Å². The van der Waals surface area contributed by atoms with Gasteiger partial charge in [-0.1, -0.05) is 11.6 Å². The molecule has 1 aliphatic heterocycles. The summed E-state index contributed by atoms with van der Waals surface area (Å²) in [5.41, 5.74) is 1.50. The molecule has 0 bridgehead atoms. The lowest BCUT2D eigenvalue weighted by molar-refractivity contribution is -0.118. The van der Waals surface area contributed by atoms with Crippen molar-refractivity contribution in [3.63, 3.8) is 0 Å². The predicted octanol–water partition coefficient (Wildman–Crippen LogP) is 3.95. The number of ether oxygens (including phenoxy) is 2. The van der Waals surface area contributed by atoms with Crippen molar-refractivity contribution in [3.05, 3.63) is 29.8 Å². The average molecular weight is 347 g/mol. The lowest BCUT2D eigenvalue weighted by Gasteiger charge is -2.13. The van der Waals surface area contributed by atoms with Gasteiger partial charge in [-0.3, -0.25) is 4.79 Å². The van der Waals surface area contributed by atoms with Crippen molar-refractivity contribution in [2.24, 2.45) is 0 Å². The number of hydrogen-bond donors (Lipinski definition) is 1. The van der Waals surface area contributed by atoms with E-state index in [2.05, 4.69) is 11.4 Å². The number of carbonyl (C=O) groups excluding carboxylic acids is 1. The Morgan fingerprint density at radius 2 is 2.00 bits per heavy atom. The van der Waals surface area contributed by atoms with Crippen LogP contribution in [0.15, 0.2) is 34.7 Å². The number of benzene rings is 1. The number of carbonyl (C=O) groups is 1. The van der Waals surface area contributed by atoms with Crippen LogP contribution in [-0.2, 0) is 4.79 Å². The van der Waals surface area contributed by atoms with Gasteiger partial charge in [0.05, 0.1) is 19.0 Å². The van der Waals surface area contributed by atoms with Crippen molar-refractivity contribution in [1.82, 2.24) is 5.32 Å². The molecule has 1 amide bonds. The maximum atomic E-state index is 12.0. The van der Waals surface area contributed by atoms with Crippen molar-refractivity contribution >= 4 is 17.7 Å². The van der Waals surface area contributed by atoms with E-state index in [1.54, 1.807) is 0 Å². The van der Waals surface area contributed by atoms with Gasteiger partial charge in [0.2, 0.25) is 5.91 Å². The molecule has 1 N–H and O–H groups in total. The normalized spacial score (nSPS) is 16.9. The van der Waals surface area contributed by atoms with Gasteiger partial charge in [0, 0.05) is 17.9 Å². The topological polar surface area (TPSA) is 47.6 Å². The summed E-state index contributed by atoms with van der Waals surface area (Å²) in [5, 5.41) is 3.02. The van der Waals surface area contributed by atoms with E-state index < -0.39 is 0 Å². The van der Waals surface area contributed by atoms with E-state index in [1.165, 1.54) is 43.0 Å². The Morgan fingerprint density at radius 3 is 2.83 bits per heavy atom. The molecule has 4 nitrogen and oxygen atoms in total. The van der Waals surface area contributed by atoms with Crippen molar-refractivity contribution in [1.29, 1.82) is 0 Å². The largest absolute Gasteiger partial charge is 0.490 e.